The third-order valence-corrected chi connectivity index (χ3v) is 5.10. The van der Waals surface area contributed by atoms with E-state index in [1.165, 1.54) is 5.56 Å². The van der Waals surface area contributed by atoms with Crippen LogP contribution in [0.2, 0.25) is 0 Å². The van der Waals surface area contributed by atoms with Crippen LogP contribution < -0.4 is 4.90 Å². The van der Waals surface area contributed by atoms with Crippen LogP contribution in [0.1, 0.15) is 44.6 Å². The van der Waals surface area contributed by atoms with Crippen molar-refractivity contribution in [2.24, 2.45) is 5.92 Å². The Hall–Kier alpha value is -1.84. The number of piperidine rings is 1. The maximum atomic E-state index is 12.9. The molecule has 0 radical (unpaired) electrons. The average molecular weight is 300 g/mol. The molecule has 0 N–H and O–H groups in total. The first-order chi connectivity index (χ1) is 10.6. The molecule has 1 aromatic rings. The topological polar surface area (TPSA) is 40.6 Å². The molecule has 1 atom stereocenters. The second kappa shape index (κ2) is 6.11. The minimum atomic E-state index is 0.0528. The molecule has 22 heavy (non-hydrogen) atoms. The molecule has 3 rings (SSSR count). The molecule has 2 heterocycles. The van der Waals surface area contributed by atoms with Crippen LogP contribution in [0.4, 0.5) is 5.69 Å². The number of carbonyl (C=O) groups excluding carboxylic acids is 2. The Bertz CT molecular complexity index is 576. The van der Waals surface area contributed by atoms with E-state index in [0.29, 0.717) is 19.0 Å². The van der Waals surface area contributed by atoms with E-state index in [4.69, 9.17) is 0 Å². The Morgan fingerprint density at radius 1 is 1.05 bits per heavy atom. The fourth-order valence-corrected chi connectivity index (χ4v) is 3.64. The van der Waals surface area contributed by atoms with Crippen molar-refractivity contribution in [3.8, 4) is 0 Å². The van der Waals surface area contributed by atoms with Crippen molar-refractivity contribution < 1.29 is 9.59 Å². The van der Waals surface area contributed by atoms with Gasteiger partial charge in [0.15, 0.2) is 0 Å². The largest absolute Gasteiger partial charge is 0.343 e. The van der Waals surface area contributed by atoms with Crippen LogP contribution in [0.5, 0.6) is 0 Å². The van der Waals surface area contributed by atoms with E-state index in [9.17, 15) is 9.59 Å². The van der Waals surface area contributed by atoms with E-state index in [-0.39, 0.29) is 17.7 Å². The first-order valence-corrected chi connectivity index (χ1v) is 8.23. The lowest BCUT2D eigenvalue weighted by Gasteiger charge is -2.37. The van der Waals surface area contributed by atoms with Crippen molar-refractivity contribution in [2.75, 3.05) is 24.5 Å². The zero-order chi connectivity index (χ0) is 15.7. The molecular formula is C18H24N2O2. The van der Waals surface area contributed by atoms with Gasteiger partial charge in [0.1, 0.15) is 0 Å². The Morgan fingerprint density at radius 3 is 2.41 bits per heavy atom. The molecule has 4 heteroatoms. The third kappa shape index (κ3) is 2.74. The van der Waals surface area contributed by atoms with Crippen LogP contribution in [-0.2, 0) is 9.59 Å². The monoisotopic (exact) mass is 300 g/mol. The quantitative estimate of drug-likeness (QED) is 0.800. The van der Waals surface area contributed by atoms with E-state index < -0.39 is 0 Å². The molecule has 0 bridgehead atoms. The zero-order valence-electron chi connectivity index (χ0n) is 13.4. The fourth-order valence-electron chi connectivity index (χ4n) is 3.64. The number of nitrogens with zero attached hydrogens (tertiary/aromatic N) is 2. The molecule has 118 valence electrons. The number of para-hydroxylation sites is 1. The highest BCUT2D eigenvalue weighted by Crippen LogP contribution is 2.36. The molecule has 0 spiro atoms. The second-order valence-electron chi connectivity index (χ2n) is 6.52. The number of fused-ring (bicyclic) bond motifs is 1. The molecule has 1 unspecified atom stereocenters. The highest BCUT2D eigenvalue weighted by molar-refractivity contribution is 5.96. The van der Waals surface area contributed by atoms with E-state index in [1.54, 1.807) is 6.92 Å². The first-order valence-electron chi connectivity index (χ1n) is 8.23. The summed E-state index contributed by atoms with van der Waals surface area (Å²) in [5, 5.41) is 0. The standard InChI is InChI=1S/C18H24N2O2/c1-13-7-12-20(17-6-4-3-5-16(13)17)18(22)15-8-10-19(11-9-15)14(2)21/h3-6,13,15H,7-12H2,1-2H3. The van der Waals surface area contributed by atoms with Gasteiger partial charge in [0.2, 0.25) is 11.8 Å². The summed E-state index contributed by atoms with van der Waals surface area (Å²) in [6, 6.07) is 8.26. The smallest absolute Gasteiger partial charge is 0.230 e. The van der Waals surface area contributed by atoms with E-state index in [1.807, 2.05) is 15.9 Å². The number of anilines is 1. The summed E-state index contributed by atoms with van der Waals surface area (Å²) >= 11 is 0. The SMILES string of the molecule is CC(=O)N1CCC(C(=O)N2CCC(C)c3ccccc32)CC1. The van der Waals surface area contributed by atoms with Crippen LogP contribution in [0.15, 0.2) is 24.3 Å². The molecule has 2 aliphatic rings. The summed E-state index contributed by atoms with van der Waals surface area (Å²) in [6.07, 6.45) is 2.59. The van der Waals surface area contributed by atoms with E-state index in [0.717, 1.165) is 31.5 Å². The molecule has 2 amide bonds. The number of hydrogen-bond donors (Lipinski definition) is 0. The van der Waals surface area contributed by atoms with Gasteiger partial charge in [-0.15, -0.1) is 0 Å². The van der Waals surface area contributed by atoms with Crippen LogP contribution in [0.3, 0.4) is 0 Å². The predicted octanol–water partition coefficient (Wildman–Crippen LogP) is 2.79. The molecule has 0 saturated carbocycles. The number of hydrogen-bond acceptors (Lipinski definition) is 2. The van der Waals surface area contributed by atoms with Crippen molar-refractivity contribution in [1.29, 1.82) is 0 Å². The lowest BCUT2D eigenvalue weighted by Crippen LogP contribution is -2.45. The summed E-state index contributed by atoms with van der Waals surface area (Å²) in [7, 11) is 0. The van der Waals surface area contributed by atoms with Gasteiger partial charge < -0.3 is 9.80 Å². The fraction of sp³-hybridized carbons (Fsp3) is 0.556. The zero-order valence-corrected chi connectivity index (χ0v) is 13.4. The molecule has 4 nitrogen and oxygen atoms in total. The van der Waals surface area contributed by atoms with Gasteiger partial charge in [0, 0.05) is 38.2 Å². The van der Waals surface area contributed by atoms with Crippen molar-refractivity contribution in [3.05, 3.63) is 29.8 Å². The minimum Gasteiger partial charge on any atom is -0.343 e. The summed E-state index contributed by atoms with van der Waals surface area (Å²) in [4.78, 5) is 28.1. The van der Waals surface area contributed by atoms with Crippen LogP contribution >= 0.6 is 0 Å². The van der Waals surface area contributed by atoms with E-state index >= 15 is 0 Å². The predicted molar refractivity (Wildman–Crippen MR) is 86.8 cm³/mol. The summed E-state index contributed by atoms with van der Waals surface area (Å²) < 4.78 is 0. The van der Waals surface area contributed by atoms with E-state index in [2.05, 4.69) is 25.1 Å². The molecule has 2 aliphatic heterocycles. The second-order valence-corrected chi connectivity index (χ2v) is 6.52. The van der Waals surface area contributed by atoms with Gasteiger partial charge in [-0.3, -0.25) is 9.59 Å². The number of rotatable bonds is 1. The van der Waals surface area contributed by atoms with Crippen molar-refractivity contribution in [2.45, 2.75) is 39.0 Å². The van der Waals surface area contributed by atoms with Crippen molar-refractivity contribution >= 4 is 17.5 Å². The summed E-state index contributed by atoms with van der Waals surface area (Å²) in [6.45, 7) is 6.05. The third-order valence-electron chi connectivity index (χ3n) is 5.10. The van der Waals surface area contributed by atoms with Gasteiger partial charge in [0.25, 0.3) is 0 Å². The van der Waals surface area contributed by atoms with Crippen LogP contribution in [-0.4, -0.2) is 36.3 Å². The molecule has 1 fully saturated rings. The lowest BCUT2D eigenvalue weighted by atomic mass is 9.89. The Balaban J connectivity index is 1.74. The maximum absolute atomic E-state index is 12.9. The van der Waals surface area contributed by atoms with Gasteiger partial charge >= 0.3 is 0 Å². The van der Waals surface area contributed by atoms with Crippen LogP contribution in [0, 0.1) is 5.92 Å². The highest BCUT2D eigenvalue weighted by atomic mass is 16.2. The maximum Gasteiger partial charge on any atom is 0.230 e. The lowest BCUT2D eigenvalue weighted by molar-refractivity contribution is -0.133. The van der Waals surface area contributed by atoms with Crippen molar-refractivity contribution in [1.82, 2.24) is 4.90 Å². The Labute approximate surface area is 132 Å². The van der Waals surface area contributed by atoms with Gasteiger partial charge in [0.05, 0.1) is 0 Å². The Kier molecular flexibility index (Phi) is 4.19. The molecular weight excluding hydrogens is 276 g/mol. The molecule has 1 saturated heterocycles. The highest BCUT2D eigenvalue weighted by Gasteiger charge is 2.33. The number of carbonyl (C=O) groups is 2. The number of amides is 2. The Morgan fingerprint density at radius 2 is 1.73 bits per heavy atom. The van der Waals surface area contributed by atoms with Gasteiger partial charge in [-0.1, -0.05) is 25.1 Å². The minimum absolute atomic E-state index is 0.0528. The number of benzene rings is 1. The summed E-state index contributed by atoms with van der Waals surface area (Å²) in [5.74, 6) is 0.919. The van der Waals surface area contributed by atoms with Gasteiger partial charge in [-0.2, -0.15) is 0 Å². The van der Waals surface area contributed by atoms with Crippen LogP contribution in [0.25, 0.3) is 0 Å². The van der Waals surface area contributed by atoms with Gasteiger partial charge in [-0.25, -0.2) is 0 Å². The average Bonchev–Trinajstić information content (AvgIpc) is 2.55. The van der Waals surface area contributed by atoms with Crippen molar-refractivity contribution in [3.63, 3.8) is 0 Å². The normalized spacial score (nSPS) is 22.4. The van der Waals surface area contributed by atoms with Gasteiger partial charge in [-0.05, 0) is 36.8 Å². The molecule has 0 aliphatic carbocycles. The number of likely N-dealkylation sites (tertiary alicyclic amines) is 1. The molecule has 1 aromatic carbocycles. The first kappa shape index (κ1) is 15.1. The molecule has 0 aromatic heterocycles. The summed E-state index contributed by atoms with van der Waals surface area (Å²) in [5.41, 5.74) is 2.36.